The summed E-state index contributed by atoms with van der Waals surface area (Å²) in [5, 5.41) is 121. The summed E-state index contributed by atoms with van der Waals surface area (Å²) in [5.74, 6) is -0.291. The fourth-order valence-corrected chi connectivity index (χ4v) is 14.4. The van der Waals surface area contributed by atoms with Crippen molar-refractivity contribution in [2.45, 2.75) is 433 Å². The van der Waals surface area contributed by atoms with Crippen molar-refractivity contribution in [3.63, 3.8) is 0 Å². The predicted octanol–water partition coefficient (Wildman–Crippen LogP) is 17.0. The van der Waals surface area contributed by atoms with Gasteiger partial charge in [0.1, 0.15) is 73.2 Å². The van der Waals surface area contributed by atoms with Crippen molar-refractivity contribution >= 4 is 5.91 Å². The van der Waals surface area contributed by atoms with Gasteiger partial charge < -0.3 is 89.9 Å². The highest BCUT2D eigenvalue weighted by Crippen LogP contribution is 2.33. The van der Waals surface area contributed by atoms with Crippen LogP contribution < -0.4 is 5.32 Å². The molecule has 0 aromatic heterocycles. The molecule has 0 aliphatic carbocycles. The zero-order chi connectivity index (χ0) is 81.0. The van der Waals surface area contributed by atoms with Crippen LogP contribution in [0.25, 0.3) is 0 Å². The van der Waals surface area contributed by atoms with Crippen LogP contribution in [-0.2, 0) is 33.2 Å². The molecule has 12 N–H and O–H groups in total. The molecular weight excluding hydrogens is 1420 g/mol. The van der Waals surface area contributed by atoms with E-state index in [1.807, 2.05) is 6.08 Å². The van der Waals surface area contributed by atoms with Crippen molar-refractivity contribution in [3.05, 3.63) is 122 Å². The van der Waals surface area contributed by atoms with Crippen molar-refractivity contribution in [1.29, 1.82) is 0 Å². The number of rotatable bonds is 71. The molecule has 0 bridgehead atoms. The van der Waals surface area contributed by atoms with Crippen molar-refractivity contribution in [3.8, 4) is 0 Å². The maximum absolute atomic E-state index is 13.5. The van der Waals surface area contributed by atoms with E-state index < -0.39 is 124 Å². The summed E-state index contributed by atoms with van der Waals surface area (Å²) in [5.41, 5.74) is 0. The largest absolute Gasteiger partial charge is 0.394 e. The van der Waals surface area contributed by atoms with Crippen LogP contribution in [0.5, 0.6) is 0 Å². The maximum atomic E-state index is 13.5. The molecule has 0 aromatic rings. The van der Waals surface area contributed by atoms with Gasteiger partial charge in [-0.05, 0) is 96.3 Å². The SMILES string of the molecule is CC/C=C\C/C=C\C/C=C\C/C=C\C/C=C\C/C=C\C/C=C\C/C=C\CCCCCCCCCCCCC(=O)NC(COC1OC(CO)C(OC2OC(CO)C(OC3OC(CO)C(O)C(O)C3O)C(O)C2O)C(O)C1O)C(O)/C=C/CC/C=C/CCCCCCCCCCCCCCCCCCCCCCCCCCCC. The first-order chi connectivity index (χ1) is 54.8. The fraction of sp³-hybridized carbons (Fsp3) is 0.774. The number of hydrogen-bond donors (Lipinski definition) is 12. The van der Waals surface area contributed by atoms with Gasteiger partial charge in [-0.15, -0.1) is 0 Å². The molecule has 3 rings (SSSR count). The highest BCUT2D eigenvalue weighted by atomic mass is 16.8. The first-order valence-corrected chi connectivity index (χ1v) is 44.8. The van der Waals surface area contributed by atoms with Gasteiger partial charge in [0.05, 0.1) is 38.6 Å². The van der Waals surface area contributed by atoms with Gasteiger partial charge in [0, 0.05) is 6.42 Å². The van der Waals surface area contributed by atoms with E-state index in [0.29, 0.717) is 12.8 Å². The third-order valence-electron chi connectivity index (χ3n) is 21.5. The monoisotopic (exact) mass is 1580 g/mol. The van der Waals surface area contributed by atoms with E-state index in [9.17, 15) is 61.0 Å². The van der Waals surface area contributed by atoms with Gasteiger partial charge >= 0.3 is 0 Å². The third-order valence-corrected chi connectivity index (χ3v) is 21.5. The minimum atomic E-state index is -1.99. The second-order valence-electron chi connectivity index (χ2n) is 31.3. The molecule has 3 aliphatic rings. The van der Waals surface area contributed by atoms with Crippen molar-refractivity contribution < 1.29 is 89.4 Å². The number of allylic oxidation sites excluding steroid dienone is 19. The van der Waals surface area contributed by atoms with Crippen LogP contribution >= 0.6 is 0 Å². The van der Waals surface area contributed by atoms with E-state index in [1.165, 1.54) is 193 Å². The number of hydrogen-bond acceptors (Lipinski definition) is 18. The minimum Gasteiger partial charge on any atom is -0.394 e. The maximum Gasteiger partial charge on any atom is 0.220 e. The van der Waals surface area contributed by atoms with E-state index in [2.05, 4.69) is 129 Å². The molecule has 0 saturated carbocycles. The number of aliphatic hydroxyl groups excluding tert-OH is 11. The summed E-state index contributed by atoms with van der Waals surface area (Å²) in [4.78, 5) is 13.5. The summed E-state index contributed by atoms with van der Waals surface area (Å²) >= 11 is 0. The van der Waals surface area contributed by atoms with Crippen molar-refractivity contribution in [2.75, 3.05) is 26.4 Å². The van der Waals surface area contributed by atoms with Gasteiger partial charge in [-0.3, -0.25) is 4.79 Å². The molecular formula is C93H161NO18. The molecule has 3 fully saturated rings. The Hall–Kier alpha value is -3.81. The number of carbonyl (C=O) groups is 1. The van der Waals surface area contributed by atoms with Gasteiger partial charge in [0.2, 0.25) is 5.91 Å². The number of ether oxygens (including phenoxy) is 6. The Morgan fingerprint density at radius 2 is 0.625 bits per heavy atom. The first-order valence-electron chi connectivity index (χ1n) is 44.8. The smallest absolute Gasteiger partial charge is 0.220 e. The Kier molecular flexibility index (Phi) is 65.2. The molecule has 17 unspecified atom stereocenters. The average molecular weight is 1580 g/mol. The van der Waals surface area contributed by atoms with Crippen molar-refractivity contribution in [1.82, 2.24) is 5.32 Å². The first kappa shape index (κ1) is 102. The molecule has 19 heteroatoms. The zero-order valence-electron chi connectivity index (χ0n) is 69.6. The summed E-state index contributed by atoms with van der Waals surface area (Å²) in [7, 11) is 0. The van der Waals surface area contributed by atoms with E-state index in [0.717, 1.165) is 103 Å². The van der Waals surface area contributed by atoms with Gasteiger partial charge in [-0.2, -0.15) is 0 Å². The summed E-state index contributed by atoms with van der Waals surface area (Å²) < 4.78 is 34.5. The number of amides is 1. The van der Waals surface area contributed by atoms with Crippen LogP contribution in [-0.4, -0.2) is 193 Å². The van der Waals surface area contributed by atoms with Gasteiger partial charge in [-0.1, -0.05) is 347 Å². The second kappa shape index (κ2) is 71.3. The molecule has 646 valence electrons. The Balaban J connectivity index is 1.35. The molecule has 3 saturated heterocycles. The minimum absolute atomic E-state index is 0.223. The lowest BCUT2D eigenvalue weighted by Gasteiger charge is -2.48. The number of aliphatic hydroxyl groups is 11. The topological polar surface area (TPSA) is 307 Å². The molecule has 17 atom stereocenters. The van der Waals surface area contributed by atoms with Gasteiger partial charge in [-0.25, -0.2) is 0 Å². The Morgan fingerprint density at radius 1 is 0.330 bits per heavy atom. The zero-order valence-corrected chi connectivity index (χ0v) is 69.6. The highest BCUT2D eigenvalue weighted by molar-refractivity contribution is 5.76. The van der Waals surface area contributed by atoms with Crippen LogP contribution in [0, 0.1) is 0 Å². The lowest BCUT2D eigenvalue weighted by atomic mass is 9.96. The number of unbranched alkanes of at least 4 members (excludes halogenated alkanes) is 37. The normalized spacial score (nSPS) is 25.5. The Morgan fingerprint density at radius 3 is 1.00 bits per heavy atom. The van der Waals surface area contributed by atoms with Crippen LogP contribution in [0.2, 0.25) is 0 Å². The van der Waals surface area contributed by atoms with Crippen molar-refractivity contribution in [2.24, 2.45) is 0 Å². The number of nitrogens with one attached hydrogen (secondary N) is 1. The molecule has 19 nitrogen and oxygen atoms in total. The molecule has 0 radical (unpaired) electrons. The molecule has 0 aromatic carbocycles. The predicted molar refractivity (Wildman–Crippen MR) is 452 cm³/mol. The lowest BCUT2D eigenvalue weighted by molar-refractivity contribution is -0.379. The van der Waals surface area contributed by atoms with Crippen LogP contribution in [0.1, 0.15) is 328 Å². The van der Waals surface area contributed by atoms with E-state index in [1.54, 1.807) is 6.08 Å². The Bertz CT molecular complexity index is 2500. The van der Waals surface area contributed by atoms with E-state index in [-0.39, 0.29) is 18.9 Å². The standard InChI is InChI=1S/C93H161NO18/c1-3-5-7-9-11-13-15-17-19-21-23-25-27-29-31-33-35-37-38-39-41-43-45-47-49-51-53-55-57-59-61-63-65-67-69-71-81(99)94-76(77(98)70-68-66-64-62-60-58-56-54-52-50-48-46-44-42-40-36-34-32-30-28-26-24-22-20-18-16-14-12-10-8-6-4-2)75-107-91-87(105)84(102)89(79(73-96)109-91)112-93-88(106)85(103)90(80(74-97)110-93)111-92-86(104)83(101)82(100)78(72-95)108-92/h5,7,11,13,17,19,23,25,29,31,35,37,39,41,45,47,60,62,68,70,76-80,82-93,95-98,100-106H,3-4,6,8-10,12,14-16,18,20-22,24,26-28,30,32-34,36,38,40,42-44,46,48-59,61,63-67,69,71-75H2,1-2H3,(H,94,99)/b7-5-,13-11-,19-17-,25-23-,31-29-,37-35-,41-39-,47-45-,62-60+,70-68+. The van der Waals surface area contributed by atoms with E-state index in [4.69, 9.17) is 28.4 Å². The highest BCUT2D eigenvalue weighted by Gasteiger charge is 2.54. The lowest BCUT2D eigenvalue weighted by Crippen LogP contribution is -2.66. The van der Waals surface area contributed by atoms with Crippen LogP contribution in [0.15, 0.2) is 122 Å². The summed E-state index contributed by atoms with van der Waals surface area (Å²) in [6.45, 7) is 1.63. The van der Waals surface area contributed by atoms with Crippen LogP contribution in [0.3, 0.4) is 0 Å². The van der Waals surface area contributed by atoms with Gasteiger partial charge in [0.15, 0.2) is 18.9 Å². The number of carbonyl (C=O) groups excluding carboxylic acids is 1. The Labute approximate surface area is 678 Å². The summed E-state index contributed by atoms with van der Waals surface area (Å²) in [6.07, 6.45) is 74.8. The van der Waals surface area contributed by atoms with E-state index >= 15 is 0 Å². The quantitative estimate of drug-likeness (QED) is 0.0199. The molecule has 3 aliphatic heterocycles. The molecule has 112 heavy (non-hydrogen) atoms. The van der Waals surface area contributed by atoms with Crippen LogP contribution in [0.4, 0.5) is 0 Å². The summed E-state index contributed by atoms with van der Waals surface area (Å²) in [6, 6.07) is -1.00. The average Bonchev–Trinajstić information content (AvgIpc) is 0.782. The second-order valence-corrected chi connectivity index (χ2v) is 31.3. The van der Waals surface area contributed by atoms with Gasteiger partial charge in [0.25, 0.3) is 0 Å². The molecule has 0 spiro atoms. The molecule has 3 heterocycles. The third kappa shape index (κ3) is 49.4. The molecule has 1 amide bonds. The fourth-order valence-electron chi connectivity index (χ4n) is 14.4.